The summed E-state index contributed by atoms with van der Waals surface area (Å²) in [5, 5.41) is 6.27. The van der Waals surface area contributed by atoms with E-state index < -0.39 is 6.03 Å². The Morgan fingerprint density at radius 3 is 2.68 bits per heavy atom. The van der Waals surface area contributed by atoms with E-state index in [0.717, 1.165) is 0 Å². The van der Waals surface area contributed by atoms with E-state index in [1.165, 1.54) is 13.1 Å². The lowest BCUT2D eigenvalue weighted by atomic mass is 10.1. The van der Waals surface area contributed by atoms with Gasteiger partial charge in [-0.2, -0.15) is 5.10 Å². The van der Waals surface area contributed by atoms with Crippen molar-refractivity contribution in [2.45, 2.75) is 6.92 Å². The van der Waals surface area contributed by atoms with E-state index in [2.05, 4.69) is 15.8 Å². The van der Waals surface area contributed by atoms with E-state index in [1.807, 2.05) is 0 Å². The summed E-state index contributed by atoms with van der Waals surface area (Å²) in [6.07, 6.45) is 1.35. The first-order valence-corrected chi connectivity index (χ1v) is 5.36. The maximum Gasteiger partial charge on any atom is 0.332 e. The molecule has 1 heterocycles. The van der Waals surface area contributed by atoms with Crippen LogP contribution >= 0.6 is 0 Å². The summed E-state index contributed by atoms with van der Waals surface area (Å²) in [4.78, 5) is 21.7. The van der Waals surface area contributed by atoms with E-state index in [4.69, 9.17) is 15.2 Å². The summed E-state index contributed by atoms with van der Waals surface area (Å²) in [5.41, 5.74) is 7.99. The Balaban J connectivity index is 2.30. The number of urea groups is 1. The van der Waals surface area contributed by atoms with Crippen LogP contribution in [-0.2, 0) is 4.79 Å². The van der Waals surface area contributed by atoms with Crippen LogP contribution in [0.15, 0.2) is 17.2 Å². The monoisotopic (exact) mass is 264 g/mol. The van der Waals surface area contributed by atoms with Gasteiger partial charge in [0.1, 0.15) is 0 Å². The molecule has 0 bridgehead atoms. The van der Waals surface area contributed by atoms with Crippen molar-refractivity contribution in [1.29, 1.82) is 0 Å². The van der Waals surface area contributed by atoms with Crippen molar-refractivity contribution in [3.63, 3.8) is 0 Å². The number of hydrogen-bond donors (Lipinski definition) is 3. The first kappa shape index (κ1) is 12.7. The van der Waals surface area contributed by atoms with Gasteiger partial charge in [0, 0.05) is 18.6 Å². The fraction of sp³-hybridized carbons (Fsp3) is 0.182. The molecule has 8 heteroatoms. The second-order valence-electron chi connectivity index (χ2n) is 3.71. The molecule has 0 radical (unpaired) electrons. The lowest BCUT2D eigenvalue weighted by Crippen LogP contribution is -2.24. The SMILES string of the molecule is CC(=O)Nc1cc2c(cc1C=NNC(N)=O)OCO2. The van der Waals surface area contributed by atoms with E-state index in [-0.39, 0.29) is 12.7 Å². The summed E-state index contributed by atoms with van der Waals surface area (Å²) in [6.45, 7) is 1.50. The fourth-order valence-electron chi connectivity index (χ4n) is 1.53. The highest BCUT2D eigenvalue weighted by atomic mass is 16.7. The molecule has 1 aliphatic rings. The van der Waals surface area contributed by atoms with Crippen LogP contribution in [0.25, 0.3) is 0 Å². The topological polar surface area (TPSA) is 115 Å². The van der Waals surface area contributed by atoms with Gasteiger partial charge in [-0.25, -0.2) is 10.2 Å². The molecule has 0 spiro atoms. The molecule has 0 atom stereocenters. The molecule has 2 rings (SSSR count). The van der Waals surface area contributed by atoms with Crippen LogP contribution in [0, 0.1) is 0 Å². The molecule has 1 aromatic rings. The Bertz CT molecular complexity index is 556. The largest absolute Gasteiger partial charge is 0.454 e. The molecule has 0 aromatic heterocycles. The zero-order chi connectivity index (χ0) is 13.8. The smallest absolute Gasteiger partial charge is 0.332 e. The van der Waals surface area contributed by atoms with E-state index in [9.17, 15) is 9.59 Å². The molecular weight excluding hydrogens is 252 g/mol. The van der Waals surface area contributed by atoms with E-state index >= 15 is 0 Å². The number of nitrogens with one attached hydrogen (secondary N) is 2. The lowest BCUT2D eigenvalue weighted by molar-refractivity contribution is -0.114. The maximum atomic E-state index is 11.1. The fourth-order valence-corrected chi connectivity index (χ4v) is 1.53. The molecule has 19 heavy (non-hydrogen) atoms. The Morgan fingerprint density at radius 2 is 2.05 bits per heavy atom. The standard InChI is InChI=1S/C11H12N4O4/c1-6(16)14-8-3-10-9(18-5-19-10)2-7(8)4-13-15-11(12)17/h2-4H,5H2,1H3,(H,14,16)(H3,12,15,17). The van der Waals surface area contributed by atoms with Gasteiger partial charge < -0.3 is 20.5 Å². The van der Waals surface area contributed by atoms with Gasteiger partial charge in [0.05, 0.1) is 11.9 Å². The molecule has 100 valence electrons. The zero-order valence-corrected chi connectivity index (χ0v) is 10.1. The number of primary amides is 1. The van der Waals surface area contributed by atoms with Gasteiger partial charge in [-0.3, -0.25) is 4.79 Å². The van der Waals surface area contributed by atoms with Gasteiger partial charge in [-0.1, -0.05) is 0 Å². The normalized spacial score (nSPS) is 12.5. The Kier molecular flexibility index (Phi) is 3.51. The number of fused-ring (bicyclic) bond motifs is 1. The highest BCUT2D eigenvalue weighted by Crippen LogP contribution is 2.36. The van der Waals surface area contributed by atoms with Crippen molar-refractivity contribution in [3.05, 3.63) is 17.7 Å². The molecule has 1 aliphatic heterocycles. The molecule has 0 unspecified atom stereocenters. The van der Waals surface area contributed by atoms with Crippen LogP contribution in [0.1, 0.15) is 12.5 Å². The summed E-state index contributed by atoms with van der Waals surface area (Å²) in [5.74, 6) is 0.828. The number of amides is 3. The molecule has 8 nitrogen and oxygen atoms in total. The minimum Gasteiger partial charge on any atom is -0.454 e. The minimum absolute atomic E-state index is 0.120. The molecule has 0 aliphatic carbocycles. The minimum atomic E-state index is -0.780. The molecular formula is C11H12N4O4. The molecule has 0 saturated carbocycles. The van der Waals surface area contributed by atoms with Crippen LogP contribution in [0.2, 0.25) is 0 Å². The number of anilines is 1. The van der Waals surface area contributed by atoms with Crippen LogP contribution in [-0.4, -0.2) is 24.9 Å². The number of benzene rings is 1. The van der Waals surface area contributed by atoms with Crippen molar-refractivity contribution in [2.24, 2.45) is 10.8 Å². The van der Waals surface area contributed by atoms with Gasteiger partial charge in [0.15, 0.2) is 11.5 Å². The molecule has 3 amide bonds. The number of nitrogens with zero attached hydrogens (tertiary/aromatic N) is 1. The van der Waals surface area contributed by atoms with Gasteiger partial charge in [-0.05, 0) is 6.07 Å². The number of nitrogens with two attached hydrogens (primary N) is 1. The molecule has 4 N–H and O–H groups in total. The summed E-state index contributed by atoms with van der Waals surface area (Å²) >= 11 is 0. The van der Waals surface area contributed by atoms with Crippen molar-refractivity contribution >= 4 is 23.8 Å². The highest BCUT2D eigenvalue weighted by Gasteiger charge is 2.17. The van der Waals surface area contributed by atoms with E-state index in [0.29, 0.717) is 22.7 Å². The van der Waals surface area contributed by atoms with Gasteiger partial charge >= 0.3 is 6.03 Å². The van der Waals surface area contributed by atoms with Gasteiger partial charge in [0.25, 0.3) is 0 Å². The van der Waals surface area contributed by atoms with Gasteiger partial charge in [-0.15, -0.1) is 0 Å². The average Bonchev–Trinajstić information content (AvgIpc) is 2.75. The predicted molar refractivity (Wildman–Crippen MR) is 67.2 cm³/mol. The van der Waals surface area contributed by atoms with E-state index in [1.54, 1.807) is 12.1 Å². The molecule has 0 saturated heterocycles. The number of hydrogen-bond acceptors (Lipinski definition) is 5. The Labute approximate surface area is 108 Å². The zero-order valence-electron chi connectivity index (χ0n) is 10.1. The number of rotatable bonds is 3. The first-order valence-electron chi connectivity index (χ1n) is 5.36. The summed E-state index contributed by atoms with van der Waals surface area (Å²) in [6, 6.07) is 2.48. The second kappa shape index (κ2) is 5.25. The van der Waals surface area contributed by atoms with Crippen molar-refractivity contribution in [2.75, 3.05) is 12.1 Å². The Morgan fingerprint density at radius 1 is 1.37 bits per heavy atom. The van der Waals surface area contributed by atoms with Crippen LogP contribution in [0.5, 0.6) is 11.5 Å². The first-order chi connectivity index (χ1) is 9.06. The number of hydrazone groups is 1. The number of carbonyl (C=O) groups excluding carboxylic acids is 2. The van der Waals surface area contributed by atoms with Crippen LogP contribution < -0.4 is 25.9 Å². The predicted octanol–water partition coefficient (Wildman–Crippen LogP) is 0.376. The number of carbonyl (C=O) groups is 2. The average molecular weight is 264 g/mol. The van der Waals surface area contributed by atoms with Crippen molar-refractivity contribution in [1.82, 2.24) is 5.43 Å². The number of ether oxygens (including phenoxy) is 2. The van der Waals surface area contributed by atoms with Crippen molar-refractivity contribution in [3.8, 4) is 11.5 Å². The third-order valence-corrected chi connectivity index (χ3v) is 2.23. The van der Waals surface area contributed by atoms with Crippen LogP contribution in [0.3, 0.4) is 0 Å². The third kappa shape index (κ3) is 3.12. The summed E-state index contributed by atoms with van der Waals surface area (Å²) < 4.78 is 10.4. The lowest BCUT2D eigenvalue weighted by Gasteiger charge is -2.07. The quantitative estimate of drug-likeness (QED) is 0.540. The molecule has 0 fully saturated rings. The molecule has 1 aromatic carbocycles. The Hall–Kier alpha value is -2.77. The van der Waals surface area contributed by atoms with Crippen LogP contribution in [0.4, 0.5) is 10.5 Å². The highest BCUT2D eigenvalue weighted by molar-refractivity contribution is 5.97. The van der Waals surface area contributed by atoms with Crippen molar-refractivity contribution < 1.29 is 19.1 Å². The second-order valence-corrected chi connectivity index (χ2v) is 3.71. The maximum absolute atomic E-state index is 11.1. The van der Waals surface area contributed by atoms with Gasteiger partial charge in [0.2, 0.25) is 12.7 Å². The summed E-state index contributed by atoms with van der Waals surface area (Å²) in [7, 11) is 0. The third-order valence-electron chi connectivity index (χ3n) is 2.23.